The van der Waals surface area contributed by atoms with Gasteiger partial charge in [-0.25, -0.2) is 0 Å². The van der Waals surface area contributed by atoms with Gasteiger partial charge in [0, 0.05) is 6.61 Å². The molecule has 0 unspecified atom stereocenters. The summed E-state index contributed by atoms with van der Waals surface area (Å²) in [5.41, 5.74) is 2.05. The van der Waals surface area contributed by atoms with Crippen LogP contribution in [0.4, 0.5) is 0 Å². The highest BCUT2D eigenvalue weighted by molar-refractivity contribution is 5.81. The van der Waals surface area contributed by atoms with E-state index in [4.69, 9.17) is 14.2 Å². The predicted molar refractivity (Wildman–Crippen MR) is 99.3 cm³/mol. The lowest BCUT2D eigenvalue weighted by atomic mass is 10.1. The topological polar surface area (TPSA) is 56.8 Å². The average Bonchev–Trinajstić information content (AvgIpc) is 3.22. The summed E-state index contributed by atoms with van der Waals surface area (Å²) in [6.07, 6.45) is 1.40. The predicted octanol–water partition coefficient (Wildman–Crippen LogP) is 3.63. The largest absolute Gasteiger partial charge is 0.493 e. The Morgan fingerprint density at radius 2 is 2.04 bits per heavy atom. The molecular formula is C21H25NO4. The van der Waals surface area contributed by atoms with Gasteiger partial charge in [-0.05, 0) is 43.0 Å². The zero-order valence-electron chi connectivity index (χ0n) is 15.2. The molecule has 5 nitrogen and oxygen atoms in total. The zero-order valence-corrected chi connectivity index (χ0v) is 15.2. The van der Waals surface area contributed by atoms with E-state index >= 15 is 0 Å². The monoisotopic (exact) mass is 355 g/mol. The molecule has 0 spiro atoms. The summed E-state index contributed by atoms with van der Waals surface area (Å²) in [7, 11) is 1.62. The van der Waals surface area contributed by atoms with Crippen molar-refractivity contribution in [2.45, 2.75) is 38.5 Å². The van der Waals surface area contributed by atoms with Gasteiger partial charge in [0.05, 0.1) is 13.2 Å². The minimum absolute atomic E-state index is 0.0571. The molecule has 1 heterocycles. The number of hydrogen-bond acceptors (Lipinski definition) is 4. The quantitative estimate of drug-likeness (QED) is 0.824. The number of carbonyl (C=O) groups excluding carboxylic acids is 1. The van der Waals surface area contributed by atoms with Crippen LogP contribution in [0, 0.1) is 0 Å². The van der Waals surface area contributed by atoms with Crippen molar-refractivity contribution in [3.63, 3.8) is 0 Å². The van der Waals surface area contributed by atoms with Gasteiger partial charge in [-0.2, -0.15) is 0 Å². The molecule has 2 aromatic carbocycles. The molecule has 0 bridgehead atoms. The Labute approximate surface area is 154 Å². The minimum atomic E-state index is -0.326. The summed E-state index contributed by atoms with van der Waals surface area (Å²) >= 11 is 0. The van der Waals surface area contributed by atoms with Gasteiger partial charge in [-0.3, -0.25) is 4.79 Å². The third-order valence-corrected chi connectivity index (χ3v) is 4.51. The highest BCUT2D eigenvalue weighted by Crippen LogP contribution is 2.31. The first kappa shape index (κ1) is 18.3. The van der Waals surface area contributed by atoms with E-state index in [1.165, 1.54) is 0 Å². The summed E-state index contributed by atoms with van der Waals surface area (Å²) in [4.78, 5) is 12.2. The Bertz CT molecular complexity index is 726. The second kappa shape index (κ2) is 8.72. The van der Waals surface area contributed by atoms with Crippen molar-refractivity contribution in [3.8, 4) is 11.5 Å². The van der Waals surface area contributed by atoms with E-state index in [0.29, 0.717) is 24.7 Å². The first-order valence-corrected chi connectivity index (χ1v) is 8.94. The van der Waals surface area contributed by atoms with Crippen molar-refractivity contribution in [2.24, 2.45) is 0 Å². The molecule has 0 radical (unpaired) electrons. The maximum atomic E-state index is 12.2. The molecule has 2 aromatic rings. The fraction of sp³-hybridized carbons (Fsp3) is 0.381. The van der Waals surface area contributed by atoms with Gasteiger partial charge in [0.2, 0.25) is 5.91 Å². The third kappa shape index (κ3) is 4.55. The zero-order chi connectivity index (χ0) is 18.4. The second-order valence-corrected chi connectivity index (χ2v) is 6.42. The second-order valence-electron chi connectivity index (χ2n) is 6.42. The van der Waals surface area contributed by atoms with Gasteiger partial charge in [0.15, 0.2) is 11.5 Å². The van der Waals surface area contributed by atoms with Gasteiger partial charge in [0.25, 0.3) is 0 Å². The first-order chi connectivity index (χ1) is 12.7. The average molecular weight is 355 g/mol. The van der Waals surface area contributed by atoms with Crippen molar-refractivity contribution in [1.82, 2.24) is 5.32 Å². The van der Waals surface area contributed by atoms with Crippen LogP contribution in [0.3, 0.4) is 0 Å². The number of benzene rings is 2. The lowest BCUT2D eigenvalue weighted by Gasteiger charge is -2.19. The Morgan fingerprint density at radius 3 is 2.73 bits per heavy atom. The molecule has 5 heteroatoms. The van der Waals surface area contributed by atoms with Crippen molar-refractivity contribution >= 4 is 5.91 Å². The van der Waals surface area contributed by atoms with Gasteiger partial charge < -0.3 is 19.5 Å². The number of rotatable bonds is 7. The lowest BCUT2D eigenvalue weighted by molar-refractivity contribution is -0.130. The van der Waals surface area contributed by atoms with Crippen LogP contribution in [-0.4, -0.2) is 25.7 Å². The third-order valence-electron chi connectivity index (χ3n) is 4.51. The molecule has 0 aliphatic carbocycles. The van der Waals surface area contributed by atoms with Crippen LogP contribution in [0.1, 0.15) is 36.9 Å². The van der Waals surface area contributed by atoms with E-state index in [1.807, 2.05) is 55.5 Å². The number of ether oxygens (including phenoxy) is 3. The fourth-order valence-corrected chi connectivity index (χ4v) is 2.98. The molecule has 1 fully saturated rings. The van der Waals surface area contributed by atoms with E-state index in [0.717, 1.165) is 24.0 Å². The van der Waals surface area contributed by atoms with Crippen molar-refractivity contribution in [1.29, 1.82) is 0 Å². The standard InChI is InChI=1S/C21H25NO4/c1-15(22-21(23)19-9-6-12-25-19)17-10-11-18(20(13-17)24-2)26-14-16-7-4-3-5-8-16/h3-5,7-8,10-11,13,15,19H,6,9,12,14H2,1-2H3,(H,22,23)/t15-,19-/m0/s1. The molecule has 0 saturated carbocycles. The van der Waals surface area contributed by atoms with Crippen molar-refractivity contribution in [2.75, 3.05) is 13.7 Å². The molecule has 26 heavy (non-hydrogen) atoms. The van der Waals surface area contributed by atoms with Crippen LogP contribution in [0.15, 0.2) is 48.5 Å². The normalized spacial score (nSPS) is 17.5. The van der Waals surface area contributed by atoms with E-state index in [2.05, 4.69) is 5.32 Å². The molecule has 1 aliphatic rings. The molecular weight excluding hydrogens is 330 g/mol. The maximum absolute atomic E-state index is 12.2. The Balaban J connectivity index is 1.64. The molecule has 1 saturated heterocycles. The number of methoxy groups -OCH3 is 1. The van der Waals surface area contributed by atoms with Crippen molar-refractivity contribution in [3.05, 3.63) is 59.7 Å². The molecule has 2 atom stereocenters. The van der Waals surface area contributed by atoms with Gasteiger partial charge in [0.1, 0.15) is 12.7 Å². The molecule has 0 aromatic heterocycles. The maximum Gasteiger partial charge on any atom is 0.249 e. The molecule has 3 rings (SSSR count). The summed E-state index contributed by atoms with van der Waals surface area (Å²) in [5.74, 6) is 1.27. The van der Waals surface area contributed by atoms with Gasteiger partial charge in [-0.1, -0.05) is 36.4 Å². The lowest BCUT2D eigenvalue weighted by Crippen LogP contribution is -2.35. The smallest absolute Gasteiger partial charge is 0.249 e. The number of carbonyl (C=O) groups is 1. The molecule has 138 valence electrons. The van der Waals surface area contributed by atoms with Crippen LogP contribution < -0.4 is 14.8 Å². The summed E-state index contributed by atoms with van der Waals surface area (Å²) in [5, 5.41) is 3.01. The van der Waals surface area contributed by atoms with Crippen molar-refractivity contribution < 1.29 is 19.0 Å². The highest BCUT2D eigenvalue weighted by atomic mass is 16.5. The van der Waals surface area contributed by atoms with Gasteiger partial charge in [-0.15, -0.1) is 0 Å². The number of amides is 1. The van der Waals surface area contributed by atoms with E-state index in [9.17, 15) is 4.79 Å². The molecule has 1 aliphatic heterocycles. The molecule has 1 N–H and O–H groups in total. The molecule has 1 amide bonds. The Kier molecular flexibility index (Phi) is 6.12. The first-order valence-electron chi connectivity index (χ1n) is 8.94. The summed E-state index contributed by atoms with van der Waals surface area (Å²) in [6.45, 7) is 3.09. The SMILES string of the molecule is COc1cc([C@H](C)NC(=O)[C@@H]2CCCO2)ccc1OCc1ccccc1. The van der Waals surface area contributed by atoms with Crippen LogP contribution in [0.25, 0.3) is 0 Å². The van der Waals surface area contributed by atoms with Crippen LogP contribution in [-0.2, 0) is 16.1 Å². The van der Waals surface area contributed by atoms with Crippen LogP contribution >= 0.6 is 0 Å². The Hall–Kier alpha value is -2.53. The number of hydrogen-bond donors (Lipinski definition) is 1. The van der Waals surface area contributed by atoms with Crippen LogP contribution in [0.2, 0.25) is 0 Å². The van der Waals surface area contributed by atoms with Gasteiger partial charge >= 0.3 is 0 Å². The summed E-state index contributed by atoms with van der Waals surface area (Å²) < 4.78 is 16.8. The van der Waals surface area contributed by atoms with E-state index < -0.39 is 0 Å². The number of nitrogens with one attached hydrogen (secondary N) is 1. The summed E-state index contributed by atoms with van der Waals surface area (Å²) in [6, 6.07) is 15.6. The minimum Gasteiger partial charge on any atom is -0.493 e. The highest BCUT2D eigenvalue weighted by Gasteiger charge is 2.25. The Morgan fingerprint density at radius 1 is 1.23 bits per heavy atom. The fourth-order valence-electron chi connectivity index (χ4n) is 2.98. The van der Waals surface area contributed by atoms with Crippen LogP contribution in [0.5, 0.6) is 11.5 Å². The van der Waals surface area contributed by atoms with E-state index in [-0.39, 0.29) is 18.1 Å². The van der Waals surface area contributed by atoms with E-state index in [1.54, 1.807) is 7.11 Å².